The van der Waals surface area contributed by atoms with E-state index in [0.717, 1.165) is 23.5 Å². The molecular weight excluding hydrogens is 292 g/mol. The van der Waals surface area contributed by atoms with Gasteiger partial charge in [0.1, 0.15) is 0 Å². The predicted molar refractivity (Wildman–Crippen MR) is 81.4 cm³/mol. The summed E-state index contributed by atoms with van der Waals surface area (Å²) in [5.41, 5.74) is 1.66. The number of benzene rings is 1. The SMILES string of the molecule is CCc1ccc2c(c1)C(=O)C(=O)C(=C1SCCS1)C2=O. The number of allylic oxidation sites excluding steroid dienone is 1. The van der Waals surface area contributed by atoms with Crippen molar-refractivity contribution in [3.05, 3.63) is 44.7 Å². The molecule has 3 nitrogen and oxygen atoms in total. The largest absolute Gasteiger partial charge is 0.288 e. The van der Waals surface area contributed by atoms with E-state index >= 15 is 0 Å². The standard InChI is InChI=1S/C15H12O3S2/c1-2-8-3-4-9-10(7-8)13(17)14(18)11(12(9)16)15-19-5-6-20-15/h3-4,7H,2,5-6H2,1H3. The van der Waals surface area contributed by atoms with Crippen LogP contribution in [0.4, 0.5) is 0 Å². The lowest BCUT2D eigenvalue weighted by Gasteiger charge is -2.17. The molecule has 0 spiro atoms. The molecular formula is C15H12O3S2. The summed E-state index contributed by atoms with van der Waals surface area (Å²) in [5.74, 6) is 0.252. The van der Waals surface area contributed by atoms with Crippen molar-refractivity contribution in [1.82, 2.24) is 0 Å². The lowest BCUT2D eigenvalue weighted by Crippen LogP contribution is -2.30. The molecule has 0 amide bonds. The van der Waals surface area contributed by atoms with Crippen LogP contribution in [-0.2, 0) is 11.2 Å². The first-order chi connectivity index (χ1) is 9.63. The Kier molecular flexibility index (Phi) is 3.56. The van der Waals surface area contributed by atoms with E-state index in [4.69, 9.17) is 0 Å². The molecule has 0 unspecified atom stereocenters. The molecule has 3 rings (SSSR count). The molecule has 102 valence electrons. The molecule has 0 radical (unpaired) electrons. The minimum Gasteiger partial charge on any atom is -0.288 e. The van der Waals surface area contributed by atoms with Crippen molar-refractivity contribution >= 4 is 40.9 Å². The molecule has 5 heteroatoms. The second-order valence-electron chi connectivity index (χ2n) is 4.58. The van der Waals surface area contributed by atoms with Crippen LogP contribution in [0.15, 0.2) is 28.0 Å². The molecule has 20 heavy (non-hydrogen) atoms. The zero-order valence-electron chi connectivity index (χ0n) is 10.9. The quantitative estimate of drug-likeness (QED) is 0.453. The van der Waals surface area contributed by atoms with Crippen LogP contribution in [-0.4, -0.2) is 28.9 Å². The highest BCUT2D eigenvalue weighted by atomic mass is 32.2. The Bertz CT molecular complexity index is 666. The van der Waals surface area contributed by atoms with E-state index < -0.39 is 11.6 Å². The van der Waals surface area contributed by atoms with E-state index in [0.29, 0.717) is 9.80 Å². The molecule has 0 aromatic heterocycles. The summed E-state index contributed by atoms with van der Waals surface area (Å²) in [4.78, 5) is 37.0. The highest BCUT2D eigenvalue weighted by Gasteiger charge is 2.38. The van der Waals surface area contributed by atoms with Gasteiger partial charge in [0.15, 0.2) is 5.78 Å². The van der Waals surface area contributed by atoms with Crippen molar-refractivity contribution in [3.8, 4) is 0 Å². The topological polar surface area (TPSA) is 51.2 Å². The second kappa shape index (κ2) is 5.22. The van der Waals surface area contributed by atoms with Gasteiger partial charge in [-0.2, -0.15) is 0 Å². The summed E-state index contributed by atoms with van der Waals surface area (Å²) >= 11 is 2.98. The zero-order valence-corrected chi connectivity index (χ0v) is 12.5. The summed E-state index contributed by atoms with van der Waals surface area (Å²) in [6, 6.07) is 5.19. The normalized spacial score (nSPS) is 18.8. The smallest absolute Gasteiger partial charge is 0.239 e. The Balaban J connectivity index is 2.18. The van der Waals surface area contributed by atoms with Gasteiger partial charge in [-0.05, 0) is 18.1 Å². The van der Waals surface area contributed by atoms with Crippen molar-refractivity contribution in [2.45, 2.75) is 13.3 Å². The van der Waals surface area contributed by atoms with Gasteiger partial charge in [0.2, 0.25) is 11.6 Å². The summed E-state index contributed by atoms with van der Waals surface area (Å²) in [5, 5.41) is 0. The van der Waals surface area contributed by atoms with Gasteiger partial charge in [-0.1, -0.05) is 19.1 Å². The number of Topliss-reactive ketones (excluding diaryl/α,β-unsaturated/α-hetero) is 3. The summed E-state index contributed by atoms with van der Waals surface area (Å²) in [7, 11) is 0. The van der Waals surface area contributed by atoms with Crippen molar-refractivity contribution in [2.24, 2.45) is 0 Å². The van der Waals surface area contributed by atoms with Crippen molar-refractivity contribution in [2.75, 3.05) is 11.5 Å². The molecule has 1 fully saturated rings. The monoisotopic (exact) mass is 304 g/mol. The number of hydrogen-bond acceptors (Lipinski definition) is 5. The van der Waals surface area contributed by atoms with E-state index in [-0.39, 0.29) is 16.9 Å². The van der Waals surface area contributed by atoms with Crippen LogP contribution < -0.4 is 0 Å². The fraction of sp³-hybridized carbons (Fsp3) is 0.267. The molecule has 0 atom stereocenters. The molecule has 0 saturated carbocycles. The van der Waals surface area contributed by atoms with E-state index in [9.17, 15) is 14.4 Å². The van der Waals surface area contributed by atoms with Crippen molar-refractivity contribution < 1.29 is 14.4 Å². The van der Waals surface area contributed by atoms with E-state index in [1.165, 1.54) is 23.5 Å². The number of hydrogen-bond donors (Lipinski definition) is 0. The van der Waals surface area contributed by atoms with Crippen molar-refractivity contribution in [3.63, 3.8) is 0 Å². The number of ketones is 3. The van der Waals surface area contributed by atoms with Crippen LogP contribution in [0.1, 0.15) is 33.2 Å². The first-order valence-electron chi connectivity index (χ1n) is 6.40. The summed E-state index contributed by atoms with van der Waals surface area (Å²) in [6.45, 7) is 1.97. The van der Waals surface area contributed by atoms with Crippen LogP contribution in [0.3, 0.4) is 0 Å². The number of thioether (sulfide) groups is 2. The Labute approximate surface area is 125 Å². The predicted octanol–water partition coefficient (Wildman–Crippen LogP) is 2.89. The van der Waals surface area contributed by atoms with Crippen LogP contribution in [0.2, 0.25) is 0 Å². The second-order valence-corrected chi connectivity index (χ2v) is 7.05. The van der Waals surface area contributed by atoms with Crippen LogP contribution in [0, 0.1) is 0 Å². The molecule has 1 heterocycles. The number of fused-ring (bicyclic) bond motifs is 1. The molecule has 1 aliphatic heterocycles. The highest BCUT2D eigenvalue weighted by molar-refractivity contribution is 8.25. The lowest BCUT2D eigenvalue weighted by molar-refractivity contribution is -0.111. The number of aryl methyl sites for hydroxylation is 1. The third-order valence-corrected chi connectivity index (χ3v) is 6.11. The molecule has 1 aromatic carbocycles. The van der Waals surface area contributed by atoms with Gasteiger partial charge >= 0.3 is 0 Å². The minimum absolute atomic E-state index is 0.0826. The molecule has 1 aromatic rings. The molecule has 0 N–H and O–H groups in total. The van der Waals surface area contributed by atoms with Gasteiger partial charge in [-0.3, -0.25) is 14.4 Å². The fourth-order valence-electron chi connectivity index (χ4n) is 2.31. The number of carbonyl (C=O) groups is 3. The van der Waals surface area contributed by atoms with E-state index in [1.54, 1.807) is 12.1 Å². The van der Waals surface area contributed by atoms with Gasteiger partial charge in [0.25, 0.3) is 0 Å². The van der Waals surface area contributed by atoms with Gasteiger partial charge < -0.3 is 0 Å². The lowest BCUT2D eigenvalue weighted by atomic mass is 9.84. The minimum atomic E-state index is -0.646. The summed E-state index contributed by atoms with van der Waals surface area (Å²) in [6.07, 6.45) is 0.766. The van der Waals surface area contributed by atoms with Crippen molar-refractivity contribution in [1.29, 1.82) is 0 Å². The molecule has 1 aliphatic carbocycles. The summed E-state index contributed by atoms with van der Waals surface area (Å²) < 4.78 is 0.707. The fourth-order valence-corrected chi connectivity index (χ4v) is 4.84. The first kappa shape index (κ1) is 13.6. The zero-order chi connectivity index (χ0) is 14.3. The van der Waals surface area contributed by atoms with E-state index in [1.807, 2.05) is 13.0 Å². The highest BCUT2D eigenvalue weighted by Crippen LogP contribution is 2.41. The Morgan fingerprint density at radius 2 is 1.65 bits per heavy atom. The molecule has 2 aliphatic rings. The Morgan fingerprint density at radius 1 is 0.950 bits per heavy atom. The molecule has 0 bridgehead atoms. The number of carbonyl (C=O) groups excluding carboxylic acids is 3. The van der Waals surface area contributed by atoms with Crippen LogP contribution in [0.5, 0.6) is 0 Å². The van der Waals surface area contributed by atoms with Crippen LogP contribution in [0.25, 0.3) is 0 Å². The maximum Gasteiger partial charge on any atom is 0.239 e. The van der Waals surface area contributed by atoms with Crippen LogP contribution >= 0.6 is 23.5 Å². The molecule has 1 saturated heterocycles. The van der Waals surface area contributed by atoms with Gasteiger partial charge in [0, 0.05) is 22.6 Å². The third kappa shape index (κ3) is 2.05. The first-order valence-corrected chi connectivity index (χ1v) is 8.37. The van der Waals surface area contributed by atoms with E-state index in [2.05, 4.69) is 0 Å². The number of rotatable bonds is 1. The Hall–Kier alpha value is -1.33. The maximum absolute atomic E-state index is 12.5. The third-order valence-electron chi connectivity index (χ3n) is 3.40. The maximum atomic E-state index is 12.5. The average molecular weight is 304 g/mol. The Morgan fingerprint density at radius 3 is 2.30 bits per heavy atom. The van der Waals surface area contributed by atoms with Gasteiger partial charge in [-0.15, -0.1) is 23.5 Å². The van der Waals surface area contributed by atoms with Gasteiger partial charge in [-0.25, -0.2) is 0 Å². The van der Waals surface area contributed by atoms with Gasteiger partial charge in [0.05, 0.1) is 9.81 Å². The average Bonchev–Trinajstić information content (AvgIpc) is 2.98.